The van der Waals surface area contributed by atoms with Crippen LogP contribution in [0.4, 0.5) is 0 Å². The predicted octanol–water partition coefficient (Wildman–Crippen LogP) is 2.35. The van der Waals surface area contributed by atoms with Gasteiger partial charge in [-0.05, 0) is 37.1 Å². The molecule has 0 bridgehead atoms. The number of likely N-dealkylation sites (tertiary alicyclic amines) is 1. The highest BCUT2D eigenvalue weighted by molar-refractivity contribution is 5.02. The molecule has 4 unspecified atom stereocenters. The zero-order chi connectivity index (χ0) is 11.9. The van der Waals surface area contributed by atoms with E-state index in [2.05, 4.69) is 45.0 Å². The van der Waals surface area contributed by atoms with Gasteiger partial charge in [-0.25, -0.2) is 0 Å². The molecule has 1 N–H and O–H groups in total. The van der Waals surface area contributed by atoms with Crippen LogP contribution >= 0.6 is 0 Å². The number of nitrogens with one attached hydrogen (secondary N) is 1. The molecule has 2 heteroatoms. The Morgan fingerprint density at radius 2 is 1.69 bits per heavy atom. The summed E-state index contributed by atoms with van der Waals surface area (Å²) in [6, 6.07) is 1.44. The molecule has 1 saturated heterocycles. The monoisotopic (exact) mass is 224 g/mol. The predicted molar refractivity (Wildman–Crippen MR) is 69.6 cm³/mol. The second kappa shape index (κ2) is 4.30. The number of nitrogens with zero attached hydrogens (tertiary/aromatic N) is 1. The van der Waals surface area contributed by atoms with Gasteiger partial charge >= 0.3 is 0 Å². The minimum atomic E-state index is 0.467. The maximum absolute atomic E-state index is 3.57. The van der Waals surface area contributed by atoms with E-state index in [1.54, 1.807) is 0 Å². The van der Waals surface area contributed by atoms with Crippen LogP contribution in [0, 0.1) is 17.3 Å². The SMILES string of the molecule is CNC1C(N2CC(C)C(C)C2)CCC1(C)C. The van der Waals surface area contributed by atoms with Gasteiger partial charge in [0, 0.05) is 25.2 Å². The minimum Gasteiger partial charge on any atom is -0.315 e. The van der Waals surface area contributed by atoms with Gasteiger partial charge in [-0.3, -0.25) is 4.90 Å². The highest BCUT2D eigenvalue weighted by Crippen LogP contribution is 2.41. The summed E-state index contributed by atoms with van der Waals surface area (Å²) in [6.07, 6.45) is 2.74. The van der Waals surface area contributed by atoms with Crippen molar-refractivity contribution in [1.29, 1.82) is 0 Å². The van der Waals surface area contributed by atoms with Crippen LogP contribution in [0.1, 0.15) is 40.5 Å². The first-order valence-electron chi connectivity index (χ1n) is 6.87. The van der Waals surface area contributed by atoms with Crippen LogP contribution in [0.2, 0.25) is 0 Å². The van der Waals surface area contributed by atoms with Crippen LogP contribution in [0.3, 0.4) is 0 Å². The average Bonchev–Trinajstić information content (AvgIpc) is 2.67. The fourth-order valence-electron chi connectivity index (χ4n) is 3.78. The average molecular weight is 224 g/mol. The van der Waals surface area contributed by atoms with Crippen molar-refractivity contribution in [3.63, 3.8) is 0 Å². The van der Waals surface area contributed by atoms with Gasteiger partial charge in [0.2, 0.25) is 0 Å². The summed E-state index contributed by atoms with van der Waals surface area (Å²) in [6.45, 7) is 12.2. The molecule has 1 aliphatic carbocycles. The molecule has 4 atom stereocenters. The first-order valence-corrected chi connectivity index (χ1v) is 6.87. The topological polar surface area (TPSA) is 15.3 Å². The van der Waals surface area contributed by atoms with Crippen LogP contribution in [-0.4, -0.2) is 37.1 Å². The molecule has 0 aromatic heterocycles. The first-order chi connectivity index (χ1) is 7.45. The number of likely N-dealkylation sites (N-methyl/N-ethyl adjacent to an activating group) is 1. The molecule has 2 aliphatic rings. The van der Waals surface area contributed by atoms with Crippen LogP contribution in [-0.2, 0) is 0 Å². The van der Waals surface area contributed by atoms with Crippen molar-refractivity contribution < 1.29 is 0 Å². The molecule has 0 aromatic carbocycles. The molecule has 0 aromatic rings. The van der Waals surface area contributed by atoms with E-state index in [-0.39, 0.29) is 0 Å². The van der Waals surface area contributed by atoms with Crippen molar-refractivity contribution in [2.24, 2.45) is 17.3 Å². The lowest BCUT2D eigenvalue weighted by Crippen LogP contribution is -2.50. The van der Waals surface area contributed by atoms with Gasteiger partial charge in [-0.2, -0.15) is 0 Å². The maximum atomic E-state index is 3.57. The van der Waals surface area contributed by atoms with Gasteiger partial charge in [-0.1, -0.05) is 27.7 Å². The number of hydrogen-bond donors (Lipinski definition) is 1. The van der Waals surface area contributed by atoms with E-state index in [0.717, 1.165) is 17.9 Å². The third-order valence-electron chi connectivity index (χ3n) is 5.11. The Hall–Kier alpha value is -0.0800. The Bertz CT molecular complexity index is 239. The van der Waals surface area contributed by atoms with E-state index in [4.69, 9.17) is 0 Å². The third kappa shape index (κ3) is 2.02. The molecular weight excluding hydrogens is 196 g/mol. The molecule has 2 nitrogen and oxygen atoms in total. The minimum absolute atomic E-state index is 0.467. The molecule has 2 fully saturated rings. The molecular formula is C14H28N2. The molecule has 94 valence electrons. The highest BCUT2D eigenvalue weighted by Gasteiger charge is 2.45. The van der Waals surface area contributed by atoms with Gasteiger partial charge in [0.25, 0.3) is 0 Å². The summed E-state index contributed by atoms with van der Waals surface area (Å²) in [5, 5.41) is 3.57. The van der Waals surface area contributed by atoms with E-state index in [0.29, 0.717) is 11.5 Å². The quantitative estimate of drug-likeness (QED) is 0.774. The fourth-order valence-corrected chi connectivity index (χ4v) is 3.78. The summed E-state index contributed by atoms with van der Waals surface area (Å²) in [7, 11) is 2.13. The van der Waals surface area contributed by atoms with Crippen molar-refractivity contribution in [2.75, 3.05) is 20.1 Å². The normalized spacial score (nSPS) is 44.1. The summed E-state index contributed by atoms with van der Waals surface area (Å²) >= 11 is 0. The van der Waals surface area contributed by atoms with E-state index in [1.807, 2.05) is 0 Å². The second-order valence-electron chi connectivity index (χ2n) is 6.77. The lowest BCUT2D eigenvalue weighted by atomic mass is 9.86. The summed E-state index contributed by atoms with van der Waals surface area (Å²) < 4.78 is 0. The third-order valence-corrected chi connectivity index (χ3v) is 5.11. The lowest BCUT2D eigenvalue weighted by molar-refractivity contribution is 0.171. The maximum Gasteiger partial charge on any atom is 0.0271 e. The Balaban J connectivity index is 2.06. The Morgan fingerprint density at radius 3 is 2.19 bits per heavy atom. The van der Waals surface area contributed by atoms with Crippen LogP contribution in [0.25, 0.3) is 0 Å². The highest BCUT2D eigenvalue weighted by atomic mass is 15.2. The van der Waals surface area contributed by atoms with Gasteiger partial charge < -0.3 is 5.32 Å². The second-order valence-corrected chi connectivity index (χ2v) is 6.77. The van der Waals surface area contributed by atoms with E-state index >= 15 is 0 Å². The van der Waals surface area contributed by atoms with Gasteiger partial charge in [0.1, 0.15) is 0 Å². The van der Waals surface area contributed by atoms with Crippen molar-refractivity contribution >= 4 is 0 Å². The van der Waals surface area contributed by atoms with E-state index < -0.39 is 0 Å². The van der Waals surface area contributed by atoms with Crippen LogP contribution in [0.15, 0.2) is 0 Å². The largest absolute Gasteiger partial charge is 0.315 e. The molecule has 0 radical (unpaired) electrons. The molecule has 1 aliphatic heterocycles. The molecule has 2 rings (SSSR count). The standard InChI is InChI=1S/C14H28N2/c1-10-8-16(9-11(10)2)12-6-7-14(3,4)13(12)15-5/h10-13,15H,6-9H2,1-5H3. The lowest BCUT2D eigenvalue weighted by Gasteiger charge is -2.35. The van der Waals surface area contributed by atoms with Gasteiger partial charge in [0.15, 0.2) is 0 Å². The van der Waals surface area contributed by atoms with Crippen molar-refractivity contribution in [2.45, 2.75) is 52.6 Å². The van der Waals surface area contributed by atoms with Crippen molar-refractivity contribution in [1.82, 2.24) is 10.2 Å². The first kappa shape index (κ1) is 12.4. The van der Waals surface area contributed by atoms with Crippen molar-refractivity contribution in [3.05, 3.63) is 0 Å². The molecule has 0 spiro atoms. The Morgan fingerprint density at radius 1 is 1.12 bits per heavy atom. The zero-order valence-corrected chi connectivity index (χ0v) is 11.6. The zero-order valence-electron chi connectivity index (χ0n) is 11.6. The molecule has 16 heavy (non-hydrogen) atoms. The molecule has 1 saturated carbocycles. The van der Waals surface area contributed by atoms with Gasteiger partial charge in [-0.15, -0.1) is 0 Å². The summed E-state index contributed by atoms with van der Waals surface area (Å²) in [4.78, 5) is 2.74. The molecule has 0 amide bonds. The Kier molecular flexibility index (Phi) is 3.33. The van der Waals surface area contributed by atoms with Crippen LogP contribution < -0.4 is 5.32 Å². The van der Waals surface area contributed by atoms with Gasteiger partial charge in [0.05, 0.1) is 0 Å². The van der Waals surface area contributed by atoms with E-state index in [9.17, 15) is 0 Å². The Labute approximate surface area is 101 Å². The summed E-state index contributed by atoms with van der Waals surface area (Å²) in [5.41, 5.74) is 0.467. The smallest absolute Gasteiger partial charge is 0.0271 e. The van der Waals surface area contributed by atoms with E-state index in [1.165, 1.54) is 25.9 Å². The number of hydrogen-bond acceptors (Lipinski definition) is 2. The fraction of sp³-hybridized carbons (Fsp3) is 1.00. The number of rotatable bonds is 2. The van der Waals surface area contributed by atoms with Crippen LogP contribution in [0.5, 0.6) is 0 Å². The summed E-state index contributed by atoms with van der Waals surface area (Å²) in [5.74, 6) is 1.75. The van der Waals surface area contributed by atoms with Crippen molar-refractivity contribution in [3.8, 4) is 0 Å². The molecule has 1 heterocycles.